The molecule has 1 saturated heterocycles. The van der Waals surface area contributed by atoms with Crippen molar-refractivity contribution < 1.29 is 13.6 Å². The first-order valence-corrected chi connectivity index (χ1v) is 12.4. The van der Waals surface area contributed by atoms with E-state index in [0.29, 0.717) is 12.4 Å². The number of hydrogen-bond acceptors (Lipinski definition) is 5. The minimum Gasteiger partial charge on any atom is -0.432 e. The molecule has 2 heterocycles. The Morgan fingerprint density at radius 3 is 1.97 bits per heavy atom. The Morgan fingerprint density at radius 2 is 1.58 bits per heavy atom. The topological polar surface area (TPSA) is 67.6 Å². The van der Waals surface area contributed by atoms with Crippen LogP contribution in [0.5, 0.6) is 0 Å². The van der Waals surface area contributed by atoms with Crippen molar-refractivity contribution in [3.63, 3.8) is 0 Å². The fourth-order valence-corrected chi connectivity index (χ4v) is 8.65. The lowest BCUT2D eigenvalue weighted by Gasteiger charge is -2.49. The number of carbonyl (C=O) groups excluding carboxylic acids is 1. The Labute approximate surface area is 185 Å². The lowest BCUT2D eigenvalue weighted by atomic mass is 10.2. The average molecular weight is 438 g/mol. The van der Waals surface area contributed by atoms with Crippen LogP contribution in [0.3, 0.4) is 0 Å². The van der Waals surface area contributed by atoms with Crippen molar-refractivity contribution in [2.45, 2.75) is 31.9 Å². The summed E-state index contributed by atoms with van der Waals surface area (Å²) in [5.41, 5.74) is 0. The summed E-state index contributed by atoms with van der Waals surface area (Å²) in [7, 11) is -0.912. The molecule has 1 aromatic heterocycles. The Bertz CT molecular complexity index is 882. The molecule has 1 N–H and O–H groups in total. The highest BCUT2D eigenvalue weighted by molar-refractivity contribution is 6.99. The van der Waals surface area contributed by atoms with Gasteiger partial charge in [0.25, 0.3) is 14.3 Å². The molecule has 0 unspecified atom stereocenters. The molecule has 31 heavy (non-hydrogen) atoms. The summed E-state index contributed by atoms with van der Waals surface area (Å²) in [4.78, 5) is 15.4. The Balaban J connectivity index is 0.000000628. The molecule has 3 aromatic rings. The number of aromatic nitrogens is 1. The zero-order valence-corrected chi connectivity index (χ0v) is 19.6. The number of carbonyl (C=O) groups is 1. The van der Waals surface area contributed by atoms with Gasteiger partial charge < -0.3 is 19.1 Å². The highest BCUT2D eigenvalue weighted by Crippen LogP contribution is 2.38. The van der Waals surface area contributed by atoms with Crippen LogP contribution in [0.25, 0.3) is 0 Å². The summed E-state index contributed by atoms with van der Waals surface area (Å²) < 4.78 is 12.5. The molecule has 4 rings (SSSR count). The van der Waals surface area contributed by atoms with Gasteiger partial charge in [-0.25, -0.2) is 4.98 Å². The highest BCUT2D eigenvalue weighted by Gasteiger charge is 2.52. The van der Waals surface area contributed by atoms with Crippen molar-refractivity contribution in [3.05, 3.63) is 73.1 Å². The second kappa shape index (κ2) is 9.94. The number of rotatable bonds is 6. The van der Waals surface area contributed by atoms with Gasteiger partial charge in [-0.2, -0.15) is 0 Å². The van der Waals surface area contributed by atoms with Gasteiger partial charge in [0, 0.05) is 20.1 Å². The zero-order chi connectivity index (χ0) is 22.3. The SMILES string of the molecule is CC(C)(C)[Si](OC1CN(c2ncco2)C1)(c1ccccc1)c1ccccc1.CNC=O. The molecule has 0 bridgehead atoms. The fourth-order valence-electron chi connectivity index (χ4n) is 3.98. The van der Waals surface area contributed by atoms with Crippen LogP contribution in [0, 0.1) is 0 Å². The van der Waals surface area contributed by atoms with E-state index in [1.165, 1.54) is 10.4 Å². The van der Waals surface area contributed by atoms with Crippen LogP contribution in [0.4, 0.5) is 6.01 Å². The van der Waals surface area contributed by atoms with E-state index < -0.39 is 8.32 Å². The molecule has 1 aliphatic heterocycles. The van der Waals surface area contributed by atoms with Gasteiger partial charge in [0.2, 0.25) is 6.41 Å². The molecule has 1 aliphatic rings. The van der Waals surface area contributed by atoms with Crippen molar-refractivity contribution in [3.8, 4) is 0 Å². The molecular formula is C24H31N3O3Si. The third kappa shape index (κ3) is 4.89. The van der Waals surface area contributed by atoms with Crippen molar-refractivity contribution in [2.75, 3.05) is 25.0 Å². The third-order valence-corrected chi connectivity index (χ3v) is 10.5. The van der Waals surface area contributed by atoms with Gasteiger partial charge in [-0.1, -0.05) is 81.4 Å². The van der Waals surface area contributed by atoms with E-state index in [0.717, 1.165) is 13.1 Å². The smallest absolute Gasteiger partial charge is 0.297 e. The molecule has 2 aromatic carbocycles. The average Bonchev–Trinajstić information content (AvgIpc) is 3.28. The molecule has 0 spiro atoms. The molecule has 0 radical (unpaired) electrons. The molecular weight excluding hydrogens is 406 g/mol. The predicted molar refractivity (Wildman–Crippen MR) is 126 cm³/mol. The highest BCUT2D eigenvalue weighted by atomic mass is 28.4. The first kappa shape index (κ1) is 22.8. The van der Waals surface area contributed by atoms with Gasteiger partial charge >= 0.3 is 0 Å². The monoisotopic (exact) mass is 437 g/mol. The quantitative estimate of drug-likeness (QED) is 0.474. The Hall–Kier alpha value is -2.90. The number of nitrogens with zero attached hydrogens (tertiary/aromatic N) is 2. The zero-order valence-electron chi connectivity index (χ0n) is 18.6. The van der Waals surface area contributed by atoms with E-state index >= 15 is 0 Å². The minimum atomic E-state index is -2.47. The number of hydrogen-bond donors (Lipinski definition) is 1. The van der Waals surface area contributed by atoms with Crippen molar-refractivity contribution in [2.24, 2.45) is 0 Å². The van der Waals surface area contributed by atoms with Crippen LogP contribution in [0.1, 0.15) is 20.8 Å². The molecule has 0 aliphatic carbocycles. The first-order valence-electron chi connectivity index (χ1n) is 10.5. The van der Waals surface area contributed by atoms with Crippen molar-refractivity contribution in [1.29, 1.82) is 0 Å². The van der Waals surface area contributed by atoms with E-state index in [-0.39, 0.29) is 11.1 Å². The van der Waals surface area contributed by atoms with E-state index in [1.807, 2.05) is 0 Å². The molecule has 6 nitrogen and oxygen atoms in total. The summed E-state index contributed by atoms with van der Waals surface area (Å²) in [5, 5.41) is 4.88. The van der Waals surface area contributed by atoms with Gasteiger partial charge in [-0.15, -0.1) is 0 Å². The van der Waals surface area contributed by atoms with E-state index in [4.69, 9.17) is 13.6 Å². The van der Waals surface area contributed by atoms with Crippen LogP contribution in [0.15, 0.2) is 77.5 Å². The van der Waals surface area contributed by atoms with Gasteiger partial charge in [0.05, 0.1) is 12.3 Å². The molecule has 0 atom stereocenters. The number of oxazole rings is 1. The maximum Gasteiger partial charge on any atom is 0.297 e. The van der Waals surface area contributed by atoms with Crippen LogP contribution < -0.4 is 20.6 Å². The lowest BCUT2D eigenvalue weighted by Crippen LogP contribution is -2.70. The number of nitrogens with one attached hydrogen (secondary N) is 1. The Kier molecular flexibility index (Phi) is 7.30. The molecule has 1 fully saturated rings. The number of benzene rings is 2. The molecule has 1 amide bonds. The normalized spacial score (nSPS) is 14.3. The number of amides is 1. The summed E-state index contributed by atoms with van der Waals surface area (Å²) in [5.74, 6) is 0. The maximum absolute atomic E-state index is 9.06. The lowest BCUT2D eigenvalue weighted by molar-refractivity contribution is -0.109. The van der Waals surface area contributed by atoms with Gasteiger partial charge in [0.1, 0.15) is 6.26 Å². The van der Waals surface area contributed by atoms with Crippen LogP contribution in [0.2, 0.25) is 5.04 Å². The van der Waals surface area contributed by atoms with Crippen molar-refractivity contribution in [1.82, 2.24) is 10.3 Å². The molecule has 7 heteroatoms. The summed E-state index contributed by atoms with van der Waals surface area (Å²) in [6.07, 6.45) is 4.10. The van der Waals surface area contributed by atoms with E-state index in [1.54, 1.807) is 19.5 Å². The minimum absolute atomic E-state index is 0.000934. The predicted octanol–water partition coefficient (Wildman–Crippen LogP) is 2.80. The van der Waals surface area contributed by atoms with Crippen LogP contribution in [-0.4, -0.2) is 46.0 Å². The third-order valence-electron chi connectivity index (χ3n) is 5.42. The van der Waals surface area contributed by atoms with E-state index in [9.17, 15) is 0 Å². The first-order chi connectivity index (χ1) is 14.9. The van der Waals surface area contributed by atoms with Crippen LogP contribution >= 0.6 is 0 Å². The van der Waals surface area contributed by atoms with Gasteiger partial charge in [-0.3, -0.25) is 4.79 Å². The second-order valence-corrected chi connectivity index (χ2v) is 12.8. The van der Waals surface area contributed by atoms with Gasteiger partial charge in [0.15, 0.2) is 0 Å². The Morgan fingerprint density at radius 1 is 1.06 bits per heavy atom. The largest absolute Gasteiger partial charge is 0.432 e. The summed E-state index contributed by atoms with van der Waals surface area (Å²) in [6, 6.07) is 22.2. The standard InChI is InChI=1S/C22H26N2O2Si.C2H5NO/c1-22(2,3)27(19-10-6-4-7-11-19,20-12-8-5-9-13-20)26-18-16-24(17-18)21-23-14-15-25-21;1-3-2-4/h4-15,18H,16-17H2,1-3H3;2H,1H3,(H,3,4). The second-order valence-electron chi connectivity index (χ2n) is 8.53. The van der Waals surface area contributed by atoms with Gasteiger partial charge in [-0.05, 0) is 15.4 Å². The summed E-state index contributed by atoms with van der Waals surface area (Å²) >= 11 is 0. The fraction of sp³-hybridized carbons (Fsp3) is 0.333. The van der Waals surface area contributed by atoms with Crippen LogP contribution in [-0.2, 0) is 9.22 Å². The van der Waals surface area contributed by atoms with Crippen molar-refractivity contribution >= 4 is 31.1 Å². The van der Waals surface area contributed by atoms with E-state index in [2.05, 4.69) is 96.6 Å². The maximum atomic E-state index is 9.06. The summed E-state index contributed by atoms with van der Waals surface area (Å²) in [6.45, 7) is 8.55. The number of anilines is 1. The molecule has 164 valence electrons. The molecule has 0 saturated carbocycles.